The highest BCUT2D eigenvalue weighted by Gasteiger charge is 1.96. The van der Waals surface area contributed by atoms with Crippen LogP contribution >= 0.6 is 11.6 Å². The molecule has 1 radical (unpaired) electrons. The fourth-order valence-corrected chi connectivity index (χ4v) is 1.10. The van der Waals surface area contributed by atoms with Gasteiger partial charge in [0.15, 0.2) is 0 Å². The number of halogens is 1. The average molecular weight is 179 g/mol. The molecule has 0 saturated carbocycles. The van der Waals surface area contributed by atoms with Gasteiger partial charge in [-0.25, -0.2) is 4.68 Å². The standard InChI is InChI=1S/C8H5ClN3/c9-7-2-1-3-8(6-7)12-5-4-10-11-12/h1-4,6H. The van der Waals surface area contributed by atoms with Gasteiger partial charge < -0.3 is 0 Å². The van der Waals surface area contributed by atoms with E-state index in [0.717, 1.165) is 5.69 Å². The fraction of sp³-hybridized carbons (Fsp3) is 0. The van der Waals surface area contributed by atoms with Crippen LogP contribution in [0.3, 0.4) is 0 Å². The number of hydrogen-bond donors (Lipinski definition) is 0. The molecule has 1 heterocycles. The molecule has 0 amide bonds. The van der Waals surface area contributed by atoms with E-state index in [1.807, 2.05) is 18.2 Å². The summed E-state index contributed by atoms with van der Waals surface area (Å²) in [5.41, 5.74) is 0.861. The van der Waals surface area contributed by atoms with Gasteiger partial charge in [-0.2, -0.15) is 0 Å². The molecule has 0 fully saturated rings. The van der Waals surface area contributed by atoms with E-state index in [2.05, 4.69) is 16.5 Å². The highest BCUT2D eigenvalue weighted by Crippen LogP contribution is 2.12. The smallest absolute Gasteiger partial charge is 0.115 e. The Labute approximate surface area is 74.6 Å². The number of nitrogens with zero attached hydrogens (tertiary/aromatic N) is 3. The van der Waals surface area contributed by atoms with Crippen LogP contribution in [0.15, 0.2) is 30.5 Å². The Morgan fingerprint density at radius 1 is 1.42 bits per heavy atom. The number of aromatic nitrogens is 3. The lowest BCUT2D eigenvalue weighted by atomic mass is 10.3. The molecule has 12 heavy (non-hydrogen) atoms. The lowest BCUT2D eigenvalue weighted by Gasteiger charge is -1.98. The third-order valence-electron chi connectivity index (χ3n) is 1.43. The van der Waals surface area contributed by atoms with Gasteiger partial charge in [-0.15, -0.1) is 5.10 Å². The summed E-state index contributed by atoms with van der Waals surface area (Å²) in [5.74, 6) is 0. The SMILES string of the molecule is Clc1cccc(-n2[c]cnn2)c1. The summed E-state index contributed by atoms with van der Waals surface area (Å²) in [5, 5.41) is 8.10. The van der Waals surface area contributed by atoms with Crippen molar-refractivity contribution < 1.29 is 0 Å². The third-order valence-corrected chi connectivity index (χ3v) is 1.67. The lowest BCUT2D eigenvalue weighted by Crippen LogP contribution is -1.94. The van der Waals surface area contributed by atoms with Gasteiger partial charge in [-0.1, -0.05) is 22.9 Å². The van der Waals surface area contributed by atoms with Crippen molar-refractivity contribution in [3.63, 3.8) is 0 Å². The molecule has 0 aliphatic carbocycles. The minimum Gasteiger partial charge on any atom is -0.211 e. The van der Waals surface area contributed by atoms with Crippen LogP contribution in [0.25, 0.3) is 5.69 Å². The van der Waals surface area contributed by atoms with Crippen LogP contribution in [0.5, 0.6) is 0 Å². The van der Waals surface area contributed by atoms with E-state index in [1.54, 1.807) is 6.07 Å². The summed E-state index contributed by atoms with van der Waals surface area (Å²) >= 11 is 5.79. The van der Waals surface area contributed by atoms with Crippen molar-refractivity contribution in [3.8, 4) is 5.69 Å². The molecule has 0 N–H and O–H groups in total. The Hall–Kier alpha value is -1.35. The van der Waals surface area contributed by atoms with Gasteiger partial charge >= 0.3 is 0 Å². The van der Waals surface area contributed by atoms with Gasteiger partial charge in [0.05, 0.1) is 11.9 Å². The van der Waals surface area contributed by atoms with Gasteiger partial charge in [0, 0.05) is 5.02 Å². The normalized spacial score (nSPS) is 10.1. The zero-order valence-electron chi connectivity index (χ0n) is 6.11. The molecule has 2 aromatic rings. The number of benzene rings is 1. The van der Waals surface area contributed by atoms with E-state index >= 15 is 0 Å². The van der Waals surface area contributed by atoms with Crippen LogP contribution in [0, 0.1) is 6.20 Å². The first-order chi connectivity index (χ1) is 5.86. The van der Waals surface area contributed by atoms with Gasteiger partial charge in [0.2, 0.25) is 0 Å². The molecule has 2 rings (SSSR count). The van der Waals surface area contributed by atoms with E-state index in [9.17, 15) is 0 Å². The molecule has 59 valence electrons. The molecule has 4 heteroatoms. The molecule has 0 bridgehead atoms. The van der Waals surface area contributed by atoms with Crippen molar-refractivity contribution in [2.24, 2.45) is 0 Å². The number of rotatable bonds is 1. The zero-order valence-corrected chi connectivity index (χ0v) is 6.86. The monoisotopic (exact) mass is 178 g/mol. The zero-order chi connectivity index (χ0) is 8.39. The summed E-state index contributed by atoms with van der Waals surface area (Å²) in [6, 6.07) is 7.35. The Balaban J connectivity index is 2.48. The Morgan fingerprint density at radius 2 is 2.33 bits per heavy atom. The van der Waals surface area contributed by atoms with Gasteiger partial charge in [0.25, 0.3) is 0 Å². The first kappa shape index (κ1) is 7.31. The predicted octanol–water partition coefficient (Wildman–Crippen LogP) is 1.72. The van der Waals surface area contributed by atoms with Crippen molar-refractivity contribution in [3.05, 3.63) is 41.7 Å². The molecule has 0 spiro atoms. The molecular weight excluding hydrogens is 174 g/mol. The first-order valence-corrected chi connectivity index (χ1v) is 3.78. The van der Waals surface area contributed by atoms with Gasteiger partial charge in [-0.3, -0.25) is 0 Å². The van der Waals surface area contributed by atoms with Crippen molar-refractivity contribution in [2.75, 3.05) is 0 Å². The second-order valence-electron chi connectivity index (χ2n) is 2.25. The second-order valence-corrected chi connectivity index (χ2v) is 2.69. The van der Waals surface area contributed by atoms with E-state index < -0.39 is 0 Å². The molecule has 1 aromatic heterocycles. The molecular formula is C8H5ClN3. The van der Waals surface area contributed by atoms with E-state index in [-0.39, 0.29) is 0 Å². The summed E-state index contributed by atoms with van der Waals surface area (Å²) in [6.07, 6.45) is 4.32. The van der Waals surface area contributed by atoms with Crippen molar-refractivity contribution in [1.82, 2.24) is 15.0 Å². The van der Waals surface area contributed by atoms with Gasteiger partial charge in [-0.05, 0) is 18.2 Å². The predicted molar refractivity (Wildman–Crippen MR) is 45.2 cm³/mol. The number of hydrogen-bond acceptors (Lipinski definition) is 2. The Kier molecular flexibility index (Phi) is 1.80. The largest absolute Gasteiger partial charge is 0.211 e. The molecule has 0 aliphatic rings. The Bertz CT molecular complexity index is 370. The maximum atomic E-state index is 5.79. The Morgan fingerprint density at radius 3 is 3.00 bits per heavy atom. The van der Waals surface area contributed by atoms with E-state index in [1.165, 1.54) is 10.9 Å². The molecule has 0 aliphatic heterocycles. The maximum absolute atomic E-state index is 5.79. The molecule has 0 unspecified atom stereocenters. The average Bonchev–Trinajstić information content (AvgIpc) is 2.56. The molecule has 0 atom stereocenters. The molecule has 3 nitrogen and oxygen atoms in total. The van der Waals surface area contributed by atoms with Crippen LogP contribution in [0.2, 0.25) is 5.02 Å². The van der Waals surface area contributed by atoms with Gasteiger partial charge in [0.1, 0.15) is 6.20 Å². The summed E-state index contributed by atoms with van der Waals surface area (Å²) in [7, 11) is 0. The lowest BCUT2D eigenvalue weighted by molar-refractivity contribution is 0.799. The minimum absolute atomic E-state index is 0.677. The second kappa shape index (κ2) is 2.95. The highest BCUT2D eigenvalue weighted by atomic mass is 35.5. The molecule has 1 aromatic carbocycles. The van der Waals surface area contributed by atoms with Crippen molar-refractivity contribution in [2.45, 2.75) is 0 Å². The summed E-state index contributed by atoms with van der Waals surface area (Å²) in [6.45, 7) is 0. The maximum Gasteiger partial charge on any atom is 0.115 e. The van der Waals surface area contributed by atoms with Crippen LogP contribution in [-0.2, 0) is 0 Å². The topological polar surface area (TPSA) is 30.7 Å². The van der Waals surface area contributed by atoms with E-state index in [0.29, 0.717) is 5.02 Å². The summed E-state index contributed by atoms with van der Waals surface area (Å²) < 4.78 is 1.53. The van der Waals surface area contributed by atoms with Crippen molar-refractivity contribution in [1.29, 1.82) is 0 Å². The fourth-order valence-electron chi connectivity index (χ4n) is 0.918. The third kappa shape index (κ3) is 1.31. The van der Waals surface area contributed by atoms with Crippen LogP contribution in [0.4, 0.5) is 0 Å². The van der Waals surface area contributed by atoms with Crippen LogP contribution < -0.4 is 0 Å². The summed E-state index contributed by atoms with van der Waals surface area (Å²) in [4.78, 5) is 0. The highest BCUT2D eigenvalue weighted by molar-refractivity contribution is 6.30. The minimum atomic E-state index is 0.677. The van der Waals surface area contributed by atoms with Crippen LogP contribution in [-0.4, -0.2) is 15.0 Å². The first-order valence-electron chi connectivity index (χ1n) is 3.40. The van der Waals surface area contributed by atoms with E-state index in [4.69, 9.17) is 11.6 Å². The quantitative estimate of drug-likeness (QED) is 0.666. The van der Waals surface area contributed by atoms with Crippen molar-refractivity contribution >= 4 is 11.6 Å². The molecule has 0 saturated heterocycles. The van der Waals surface area contributed by atoms with Crippen LogP contribution in [0.1, 0.15) is 0 Å².